The maximum Gasteiger partial charge on any atom is 0.142 e. The van der Waals surface area contributed by atoms with E-state index in [0.717, 1.165) is 5.69 Å². The molecule has 102 valence electrons. The van der Waals surface area contributed by atoms with Crippen LogP contribution in [0.2, 0.25) is 5.02 Å². The fraction of sp³-hybridized carbons (Fsp3) is 0.333. The fourth-order valence-electron chi connectivity index (χ4n) is 1.72. The molecule has 1 unspecified atom stereocenters. The summed E-state index contributed by atoms with van der Waals surface area (Å²) in [5.41, 5.74) is 1.51. The van der Waals surface area contributed by atoms with Gasteiger partial charge in [0.1, 0.15) is 5.82 Å². The van der Waals surface area contributed by atoms with Crippen LogP contribution in [0.5, 0.6) is 0 Å². The molecular weight excluding hydrogens is 271 g/mol. The van der Waals surface area contributed by atoms with Crippen LogP contribution in [0, 0.1) is 5.82 Å². The molecule has 1 atom stereocenters. The van der Waals surface area contributed by atoms with Gasteiger partial charge in [0.05, 0.1) is 29.6 Å². The van der Waals surface area contributed by atoms with Gasteiger partial charge in [-0.2, -0.15) is 0 Å². The second-order valence-corrected chi connectivity index (χ2v) is 4.55. The highest BCUT2D eigenvalue weighted by molar-refractivity contribution is 6.30. The maximum atomic E-state index is 13.4. The van der Waals surface area contributed by atoms with Crippen LogP contribution in [0.15, 0.2) is 24.4 Å². The lowest BCUT2D eigenvalue weighted by Crippen LogP contribution is -2.25. The van der Waals surface area contributed by atoms with Crippen molar-refractivity contribution in [3.63, 3.8) is 0 Å². The Morgan fingerprint density at radius 2 is 2.32 bits per heavy atom. The van der Waals surface area contributed by atoms with Gasteiger partial charge in [0.2, 0.25) is 0 Å². The number of nitrogens with zero attached hydrogens (tertiary/aromatic N) is 3. The summed E-state index contributed by atoms with van der Waals surface area (Å²) in [7, 11) is 1.78. The molecule has 2 rings (SSSR count). The van der Waals surface area contributed by atoms with E-state index in [1.165, 1.54) is 12.1 Å². The van der Waals surface area contributed by atoms with E-state index in [-0.39, 0.29) is 17.7 Å². The van der Waals surface area contributed by atoms with Crippen LogP contribution in [0.3, 0.4) is 0 Å². The smallest absolute Gasteiger partial charge is 0.142 e. The van der Waals surface area contributed by atoms with E-state index in [1.54, 1.807) is 24.0 Å². The second kappa shape index (κ2) is 6.10. The Bertz CT molecular complexity index is 560. The zero-order valence-electron chi connectivity index (χ0n) is 10.3. The van der Waals surface area contributed by atoms with Crippen LogP contribution in [-0.2, 0) is 13.6 Å². The number of aryl methyl sites for hydroxylation is 1. The summed E-state index contributed by atoms with van der Waals surface area (Å²) >= 11 is 5.63. The van der Waals surface area contributed by atoms with Gasteiger partial charge in [0.15, 0.2) is 0 Å². The Balaban J connectivity index is 2.07. The summed E-state index contributed by atoms with van der Waals surface area (Å²) in [5.74, 6) is -0.499. The molecular formula is C12H14ClFN4O. The van der Waals surface area contributed by atoms with E-state index in [2.05, 4.69) is 15.6 Å². The lowest BCUT2D eigenvalue weighted by molar-refractivity contribution is 0.242. The van der Waals surface area contributed by atoms with Gasteiger partial charge >= 0.3 is 0 Å². The Labute approximate surface area is 115 Å². The summed E-state index contributed by atoms with van der Waals surface area (Å²) in [4.78, 5) is 0. The normalized spacial score (nSPS) is 12.6. The summed E-state index contributed by atoms with van der Waals surface area (Å²) < 4.78 is 15.0. The van der Waals surface area contributed by atoms with E-state index in [0.29, 0.717) is 12.1 Å². The summed E-state index contributed by atoms with van der Waals surface area (Å²) in [6.07, 6.45) is 1.63. The molecule has 5 nitrogen and oxygen atoms in total. The molecule has 0 aliphatic carbocycles. The molecule has 0 fully saturated rings. The van der Waals surface area contributed by atoms with Gasteiger partial charge in [-0.05, 0) is 17.7 Å². The van der Waals surface area contributed by atoms with Crippen molar-refractivity contribution in [3.05, 3.63) is 46.5 Å². The van der Waals surface area contributed by atoms with Crippen molar-refractivity contribution in [1.29, 1.82) is 0 Å². The molecule has 0 aliphatic rings. The van der Waals surface area contributed by atoms with Crippen molar-refractivity contribution >= 4 is 11.6 Å². The summed E-state index contributed by atoms with van der Waals surface area (Å²) in [6.45, 7) is 0.325. The molecule has 1 aromatic heterocycles. The van der Waals surface area contributed by atoms with Crippen molar-refractivity contribution in [2.24, 2.45) is 7.05 Å². The third-order valence-electron chi connectivity index (χ3n) is 2.87. The number of aliphatic hydroxyl groups excluding tert-OH is 1. The third kappa shape index (κ3) is 3.28. The van der Waals surface area contributed by atoms with Gasteiger partial charge in [0, 0.05) is 13.6 Å². The number of benzene rings is 1. The topological polar surface area (TPSA) is 63.0 Å². The number of rotatable bonds is 5. The van der Waals surface area contributed by atoms with Gasteiger partial charge in [-0.15, -0.1) is 5.10 Å². The Morgan fingerprint density at radius 1 is 1.53 bits per heavy atom. The number of aliphatic hydroxyl groups is 1. The predicted octanol–water partition coefficient (Wildman–Crippen LogP) is 1.43. The first-order chi connectivity index (χ1) is 9.11. The van der Waals surface area contributed by atoms with Crippen LogP contribution in [0.25, 0.3) is 0 Å². The van der Waals surface area contributed by atoms with Gasteiger partial charge in [-0.3, -0.25) is 4.68 Å². The SMILES string of the molecule is Cn1nncc1CNC(CO)c1ccc(Cl)c(F)c1. The van der Waals surface area contributed by atoms with E-state index in [4.69, 9.17) is 11.6 Å². The zero-order valence-corrected chi connectivity index (χ0v) is 11.1. The molecule has 0 spiro atoms. The average molecular weight is 285 g/mol. The molecule has 0 radical (unpaired) electrons. The average Bonchev–Trinajstić information content (AvgIpc) is 2.80. The van der Waals surface area contributed by atoms with Crippen LogP contribution < -0.4 is 5.32 Å². The van der Waals surface area contributed by atoms with Crippen molar-refractivity contribution in [2.75, 3.05) is 6.61 Å². The molecule has 19 heavy (non-hydrogen) atoms. The van der Waals surface area contributed by atoms with Crippen molar-refractivity contribution in [3.8, 4) is 0 Å². The molecule has 0 amide bonds. The highest BCUT2D eigenvalue weighted by Gasteiger charge is 2.13. The molecule has 0 saturated carbocycles. The van der Waals surface area contributed by atoms with Crippen molar-refractivity contribution in [2.45, 2.75) is 12.6 Å². The lowest BCUT2D eigenvalue weighted by atomic mass is 10.1. The van der Waals surface area contributed by atoms with Crippen LogP contribution >= 0.6 is 11.6 Å². The van der Waals surface area contributed by atoms with Gasteiger partial charge < -0.3 is 10.4 Å². The minimum absolute atomic E-state index is 0.0660. The summed E-state index contributed by atoms with van der Waals surface area (Å²) in [5, 5.41) is 20.1. The molecule has 1 heterocycles. The number of hydrogen-bond donors (Lipinski definition) is 2. The Hall–Kier alpha value is -1.50. The van der Waals surface area contributed by atoms with Crippen LogP contribution in [-0.4, -0.2) is 26.7 Å². The first-order valence-electron chi connectivity index (χ1n) is 5.74. The first kappa shape index (κ1) is 13.9. The van der Waals surface area contributed by atoms with E-state index >= 15 is 0 Å². The molecule has 1 aromatic carbocycles. The quantitative estimate of drug-likeness (QED) is 0.872. The lowest BCUT2D eigenvalue weighted by Gasteiger charge is -2.16. The van der Waals surface area contributed by atoms with E-state index in [9.17, 15) is 9.50 Å². The number of aromatic nitrogens is 3. The molecule has 2 aromatic rings. The van der Waals surface area contributed by atoms with Crippen molar-refractivity contribution < 1.29 is 9.50 Å². The zero-order chi connectivity index (χ0) is 13.8. The largest absolute Gasteiger partial charge is 0.394 e. The Morgan fingerprint density at radius 3 is 2.89 bits per heavy atom. The van der Waals surface area contributed by atoms with E-state index < -0.39 is 5.82 Å². The predicted molar refractivity (Wildman–Crippen MR) is 69.1 cm³/mol. The maximum absolute atomic E-state index is 13.4. The molecule has 0 bridgehead atoms. The van der Waals surface area contributed by atoms with Crippen molar-refractivity contribution in [1.82, 2.24) is 20.3 Å². The molecule has 2 N–H and O–H groups in total. The number of halogens is 2. The summed E-state index contributed by atoms with van der Waals surface area (Å²) in [6, 6.07) is 4.10. The van der Waals surface area contributed by atoms with E-state index in [1.807, 2.05) is 0 Å². The van der Waals surface area contributed by atoms with Crippen LogP contribution in [0.1, 0.15) is 17.3 Å². The van der Waals surface area contributed by atoms with Gasteiger partial charge in [0.25, 0.3) is 0 Å². The standard InChI is InChI=1S/C12H14ClFN4O/c1-18-9(6-16-17-18)5-15-12(7-19)8-2-3-10(13)11(14)4-8/h2-4,6,12,15,19H,5,7H2,1H3. The monoisotopic (exact) mass is 284 g/mol. The Kier molecular flexibility index (Phi) is 4.47. The highest BCUT2D eigenvalue weighted by Crippen LogP contribution is 2.20. The fourth-order valence-corrected chi connectivity index (χ4v) is 1.83. The second-order valence-electron chi connectivity index (χ2n) is 4.14. The highest BCUT2D eigenvalue weighted by atomic mass is 35.5. The molecule has 0 aliphatic heterocycles. The van der Waals surface area contributed by atoms with Gasteiger partial charge in [-0.25, -0.2) is 4.39 Å². The van der Waals surface area contributed by atoms with Gasteiger partial charge in [-0.1, -0.05) is 22.9 Å². The minimum atomic E-state index is -0.499. The molecule has 7 heteroatoms. The van der Waals surface area contributed by atoms with Crippen LogP contribution in [0.4, 0.5) is 4.39 Å². The number of nitrogens with one attached hydrogen (secondary N) is 1. The third-order valence-corrected chi connectivity index (χ3v) is 3.17. The number of hydrogen-bond acceptors (Lipinski definition) is 4. The molecule has 0 saturated heterocycles. The minimum Gasteiger partial charge on any atom is -0.394 e. The first-order valence-corrected chi connectivity index (χ1v) is 6.12.